The molecule has 4 bridgehead atoms. The van der Waals surface area contributed by atoms with Crippen molar-refractivity contribution in [1.29, 1.82) is 0 Å². The molecule has 10 aromatic rings. The Hall–Kier alpha value is -8.00. The van der Waals surface area contributed by atoms with E-state index in [1.165, 1.54) is 133 Å². The van der Waals surface area contributed by atoms with Gasteiger partial charge in [0, 0.05) is 22.5 Å². The minimum atomic E-state index is -0.475. The lowest BCUT2D eigenvalue weighted by Gasteiger charge is -2.57. The Bertz CT molecular complexity index is 3630. The first-order valence-electron chi connectivity index (χ1n) is 28.2. The van der Waals surface area contributed by atoms with E-state index in [9.17, 15) is 0 Å². The first-order valence-corrected chi connectivity index (χ1v) is 28.2. The Kier molecular flexibility index (Phi) is 9.48. The summed E-state index contributed by atoms with van der Waals surface area (Å²) in [7, 11) is 0. The van der Waals surface area contributed by atoms with Crippen molar-refractivity contribution in [3.63, 3.8) is 0 Å². The Morgan fingerprint density at radius 2 is 0.605 bits per heavy atom. The minimum absolute atomic E-state index is 0.158. The second kappa shape index (κ2) is 16.3. The van der Waals surface area contributed by atoms with Crippen LogP contribution in [-0.4, -0.2) is 0 Å². The van der Waals surface area contributed by atoms with Gasteiger partial charge in [0.2, 0.25) is 0 Å². The first-order chi connectivity index (χ1) is 37.3. The van der Waals surface area contributed by atoms with E-state index >= 15 is 0 Å². The maximum Gasteiger partial charge on any atom is 0.0713 e. The smallest absolute Gasteiger partial charge is 0.0713 e. The molecule has 1 nitrogen and oxygen atoms in total. The molecule has 7 aliphatic carbocycles. The van der Waals surface area contributed by atoms with Crippen LogP contribution in [0.25, 0.3) is 33.4 Å². The van der Waals surface area contributed by atoms with E-state index in [-0.39, 0.29) is 5.41 Å². The van der Waals surface area contributed by atoms with Crippen LogP contribution in [0.15, 0.2) is 243 Å². The van der Waals surface area contributed by atoms with Gasteiger partial charge in [-0.15, -0.1) is 0 Å². The summed E-state index contributed by atoms with van der Waals surface area (Å²) in [5, 5.41) is 0. The fraction of sp³-hybridized carbons (Fsp3) is 0.200. The molecule has 0 radical (unpaired) electrons. The molecule has 0 saturated heterocycles. The van der Waals surface area contributed by atoms with Crippen molar-refractivity contribution in [2.45, 2.75) is 74.0 Å². The number of hydrogen-bond acceptors (Lipinski definition) is 1. The molecule has 0 atom stereocenters. The Labute approximate surface area is 448 Å². The summed E-state index contributed by atoms with van der Waals surface area (Å²) in [6, 6.07) is 92.9. The molecular formula is C75H61N. The molecule has 366 valence electrons. The average Bonchev–Trinajstić information content (AvgIpc) is 4.12. The standard InChI is InChI=1S/C75H61N/c1-72(2)70-44-56(73-46-49-41-50(47-73)43-51(42-49)48-73)33-39-64(70)65-40-38-59(45-71(65)72)76(57-34-29-54(30-35-57)74(52-17-5-3-6-18-52)66-25-13-9-21-60(66)61-22-10-14-26-67(61)74)58-36-31-55(32-37-58)75(53-19-7-4-8-20-53)68-27-15-11-23-62(68)63-24-12-16-28-69(63)75/h3-40,44-45,49-51H,41-43,46-48H2,1-2H3. The molecule has 0 unspecified atom stereocenters. The van der Waals surface area contributed by atoms with Crippen LogP contribution >= 0.6 is 0 Å². The van der Waals surface area contributed by atoms with Crippen LogP contribution in [0.2, 0.25) is 0 Å². The Morgan fingerprint density at radius 1 is 0.289 bits per heavy atom. The van der Waals surface area contributed by atoms with Gasteiger partial charge >= 0.3 is 0 Å². The highest BCUT2D eigenvalue weighted by Crippen LogP contribution is 2.63. The van der Waals surface area contributed by atoms with Gasteiger partial charge in [0.15, 0.2) is 0 Å². The minimum Gasteiger partial charge on any atom is -0.310 e. The fourth-order valence-electron chi connectivity index (χ4n) is 17.3. The average molecular weight is 976 g/mol. The first kappa shape index (κ1) is 44.3. The third kappa shape index (κ3) is 6.03. The van der Waals surface area contributed by atoms with E-state index in [0.717, 1.165) is 29.1 Å². The molecule has 0 spiro atoms. The monoisotopic (exact) mass is 975 g/mol. The van der Waals surface area contributed by atoms with Crippen molar-refractivity contribution < 1.29 is 0 Å². The van der Waals surface area contributed by atoms with Gasteiger partial charge in [-0.25, -0.2) is 0 Å². The van der Waals surface area contributed by atoms with Crippen LogP contribution < -0.4 is 4.90 Å². The molecule has 0 aromatic heterocycles. The highest BCUT2D eigenvalue weighted by Gasteiger charge is 2.53. The number of benzene rings is 10. The van der Waals surface area contributed by atoms with E-state index in [1.807, 2.05) is 0 Å². The third-order valence-corrected chi connectivity index (χ3v) is 20.0. The van der Waals surface area contributed by atoms with Crippen LogP contribution in [0.3, 0.4) is 0 Å². The van der Waals surface area contributed by atoms with Crippen molar-refractivity contribution in [3.05, 3.63) is 304 Å². The van der Waals surface area contributed by atoms with Gasteiger partial charge < -0.3 is 4.90 Å². The zero-order valence-electron chi connectivity index (χ0n) is 43.5. The summed E-state index contributed by atoms with van der Waals surface area (Å²) in [6.45, 7) is 4.97. The quantitative estimate of drug-likeness (QED) is 0.147. The van der Waals surface area contributed by atoms with Gasteiger partial charge in [-0.2, -0.15) is 0 Å². The lowest BCUT2D eigenvalue weighted by molar-refractivity contribution is -0.00522. The van der Waals surface area contributed by atoms with Crippen LogP contribution in [0.4, 0.5) is 17.1 Å². The lowest BCUT2D eigenvalue weighted by Crippen LogP contribution is -2.48. The van der Waals surface area contributed by atoms with E-state index in [4.69, 9.17) is 0 Å². The molecule has 0 N–H and O–H groups in total. The van der Waals surface area contributed by atoms with E-state index in [1.54, 1.807) is 5.56 Å². The SMILES string of the molecule is CC1(C)c2cc(N(c3ccc(C4(c5ccccc5)c5ccccc5-c5ccccc54)cc3)c3ccc(C4(c5ccccc5)c5ccccc5-c5ccccc54)cc3)ccc2-c2ccc(C34CC5CC(CC(C5)C3)C4)cc21. The molecule has 4 fully saturated rings. The maximum atomic E-state index is 2.68. The molecule has 0 aliphatic heterocycles. The summed E-state index contributed by atoms with van der Waals surface area (Å²) >= 11 is 0. The molecule has 0 heterocycles. The van der Waals surface area contributed by atoms with Crippen LogP contribution in [-0.2, 0) is 21.7 Å². The van der Waals surface area contributed by atoms with Crippen LogP contribution in [0.5, 0.6) is 0 Å². The largest absolute Gasteiger partial charge is 0.310 e. The predicted octanol–water partition coefficient (Wildman–Crippen LogP) is 18.7. The zero-order valence-corrected chi connectivity index (χ0v) is 43.5. The highest BCUT2D eigenvalue weighted by atomic mass is 15.1. The Morgan fingerprint density at radius 3 is 1.03 bits per heavy atom. The van der Waals surface area contributed by atoms with Gasteiger partial charge in [0.25, 0.3) is 0 Å². The Balaban J connectivity index is 0.857. The maximum absolute atomic E-state index is 2.68. The van der Waals surface area contributed by atoms with E-state index in [0.29, 0.717) is 5.41 Å². The zero-order chi connectivity index (χ0) is 50.4. The number of rotatable bonds is 8. The van der Waals surface area contributed by atoms with Crippen molar-refractivity contribution in [3.8, 4) is 33.4 Å². The molecule has 1 heteroatoms. The molecule has 4 saturated carbocycles. The summed E-state index contributed by atoms with van der Waals surface area (Å²) in [5.74, 6) is 2.76. The third-order valence-electron chi connectivity index (χ3n) is 20.0. The summed E-state index contributed by atoms with van der Waals surface area (Å²) in [5.41, 5.74) is 25.6. The van der Waals surface area contributed by atoms with Crippen molar-refractivity contribution >= 4 is 17.1 Å². The van der Waals surface area contributed by atoms with Gasteiger partial charge in [-0.3, -0.25) is 0 Å². The molecule has 76 heavy (non-hydrogen) atoms. The predicted molar refractivity (Wildman–Crippen MR) is 313 cm³/mol. The van der Waals surface area contributed by atoms with Gasteiger partial charge in [-0.05, 0) is 193 Å². The number of fused-ring (bicyclic) bond motifs is 9. The van der Waals surface area contributed by atoms with Crippen LogP contribution in [0.1, 0.15) is 114 Å². The number of hydrogen-bond donors (Lipinski definition) is 0. The second-order valence-corrected chi connectivity index (χ2v) is 24.2. The van der Waals surface area contributed by atoms with Crippen molar-refractivity contribution in [2.24, 2.45) is 17.8 Å². The van der Waals surface area contributed by atoms with E-state index < -0.39 is 10.8 Å². The number of nitrogens with zero attached hydrogens (tertiary/aromatic N) is 1. The molecule has 0 amide bonds. The molecule has 17 rings (SSSR count). The molecular weight excluding hydrogens is 915 g/mol. The summed E-state index contributed by atoms with van der Waals surface area (Å²) < 4.78 is 0. The van der Waals surface area contributed by atoms with Gasteiger partial charge in [0.05, 0.1) is 10.8 Å². The second-order valence-electron chi connectivity index (χ2n) is 24.2. The lowest BCUT2D eigenvalue weighted by atomic mass is 9.48. The topological polar surface area (TPSA) is 3.24 Å². The van der Waals surface area contributed by atoms with Crippen LogP contribution in [0, 0.1) is 17.8 Å². The van der Waals surface area contributed by atoms with Crippen molar-refractivity contribution in [1.82, 2.24) is 0 Å². The van der Waals surface area contributed by atoms with Crippen molar-refractivity contribution in [2.75, 3.05) is 4.90 Å². The summed E-state index contributed by atoms with van der Waals surface area (Å²) in [6.07, 6.45) is 8.57. The highest BCUT2D eigenvalue weighted by molar-refractivity contribution is 5.90. The molecule has 7 aliphatic rings. The van der Waals surface area contributed by atoms with E-state index in [2.05, 4.69) is 261 Å². The number of anilines is 3. The summed E-state index contributed by atoms with van der Waals surface area (Å²) in [4.78, 5) is 2.52. The van der Waals surface area contributed by atoms with Gasteiger partial charge in [-0.1, -0.05) is 220 Å². The normalized spacial score (nSPS) is 21.7. The fourth-order valence-corrected chi connectivity index (χ4v) is 17.3. The van der Waals surface area contributed by atoms with Gasteiger partial charge in [0.1, 0.15) is 0 Å². The molecule has 10 aromatic carbocycles.